The third-order valence-corrected chi connectivity index (χ3v) is 10.7. The number of ether oxygens (including phenoxy) is 2. The number of aliphatic hydroxyl groups excluding tert-OH is 1. The Labute approximate surface area is 311 Å². The Kier molecular flexibility index (Phi) is 11.8. The van der Waals surface area contributed by atoms with Gasteiger partial charge >= 0.3 is 6.18 Å². The molecule has 6 rings (SSSR count). The lowest BCUT2D eigenvalue weighted by molar-refractivity contribution is -0.137. The van der Waals surface area contributed by atoms with Crippen molar-refractivity contribution in [1.29, 1.82) is 0 Å². The lowest BCUT2D eigenvalue weighted by atomic mass is 9.84. The van der Waals surface area contributed by atoms with Crippen LogP contribution in [0.1, 0.15) is 41.2 Å². The van der Waals surface area contributed by atoms with Crippen LogP contribution < -0.4 is 15.6 Å². The standard InChI is InChI=1S/C41H38F3N3O6S/c42-41(43,44)34-20-12-29(13-21-34)28-45-47-39(49)40(24-27-54(50,51)36-10-5-2-6-11-36)37(32-16-14-31(15-17-32)30-8-3-1-4-9-30)53-38(46-40)33-18-22-35(23-19-33)52-26-7-25-48/h1-6,8-23,37,45,48H,7,24-28H2,(H,47,49)/t37-,40-/m0/s1. The number of sulfone groups is 1. The molecule has 5 aromatic carbocycles. The molecule has 0 radical (unpaired) electrons. The van der Waals surface area contributed by atoms with E-state index in [1.165, 1.54) is 24.3 Å². The minimum absolute atomic E-state index is 0.0141. The molecule has 9 nitrogen and oxygen atoms in total. The number of carbonyl (C=O) groups is 1. The number of aliphatic imine (C=N–C) groups is 1. The number of alkyl halides is 3. The second kappa shape index (κ2) is 16.7. The fourth-order valence-electron chi connectivity index (χ4n) is 6.03. The van der Waals surface area contributed by atoms with Gasteiger partial charge in [-0.1, -0.05) is 84.9 Å². The van der Waals surface area contributed by atoms with Gasteiger partial charge in [0.1, 0.15) is 5.75 Å². The Bertz CT molecular complexity index is 2150. The molecule has 0 aromatic heterocycles. The van der Waals surface area contributed by atoms with Crippen LogP contribution in [0, 0.1) is 0 Å². The van der Waals surface area contributed by atoms with Crippen molar-refractivity contribution in [3.8, 4) is 16.9 Å². The smallest absolute Gasteiger partial charge is 0.416 e. The van der Waals surface area contributed by atoms with Crippen molar-refractivity contribution in [3.63, 3.8) is 0 Å². The molecule has 0 saturated heterocycles. The van der Waals surface area contributed by atoms with Crippen LogP contribution in [0.25, 0.3) is 11.1 Å². The van der Waals surface area contributed by atoms with Crippen LogP contribution in [0.4, 0.5) is 13.2 Å². The molecule has 1 aliphatic rings. The van der Waals surface area contributed by atoms with Crippen molar-refractivity contribution >= 4 is 21.6 Å². The van der Waals surface area contributed by atoms with Crippen LogP contribution >= 0.6 is 0 Å². The molecule has 1 aliphatic heterocycles. The highest BCUT2D eigenvalue weighted by atomic mass is 32.2. The van der Waals surface area contributed by atoms with Crippen molar-refractivity contribution in [1.82, 2.24) is 10.9 Å². The van der Waals surface area contributed by atoms with Gasteiger partial charge in [0.15, 0.2) is 21.5 Å². The van der Waals surface area contributed by atoms with Crippen LogP contribution in [0.5, 0.6) is 5.75 Å². The number of amides is 1. The number of aliphatic hydroxyl groups is 1. The summed E-state index contributed by atoms with van der Waals surface area (Å²) in [6.07, 6.45) is -5.41. The van der Waals surface area contributed by atoms with E-state index in [-0.39, 0.29) is 30.4 Å². The lowest BCUT2D eigenvalue weighted by Gasteiger charge is -2.30. The monoisotopic (exact) mass is 757 g/mol. The van der Waals surface area contributed by atoms with Crippen LogP contribution in [0.3, 0.4) is 0 Å². The number of benzene rings is 5. The average molecular weight is 758 g/mol. The van der Waals surface area contributed by atoms with Gasteiger partial charge in [-0.2, -0.15) is 13.2 Å². The van der Waals surface area contributed by atoms with Crippen molar-refractivity contribution in [2.24, 2.45) is 4.99 Å². The Morgan fingerprint density at radius 1 is 0.815 bits per heavy atom. The molecule has 280 valence electrons. The average Bonchev–Trinajstić information content (AvgIpc) is 3.59. The second-order valence-electron chi connectivity index (χ2n) is 12.7. The third-order valence-electron chi connectivity index (χ3n) is 8.98. The van der Waals surface area contributed by atoms with Gasteiger partial charge in [0.05, 0.1) is 22.8 Å². The van der Waals surface area contributed by atoms with E-state index in [4.69, 9.17) is 19.6 Å². The fourth-order valence-corrected chi connectivity index (χ4v) is 7.42. The Hall–Kier alpha value is -5.50. The molecule has 0 aliphatic carbocycles. The minimum Gasteiger partial charge on any atom is -0.494 e. The molecule has 0 unspecified atom stereocenters. The predicted octanol–water partition coefficient (Wildman–Crippen LogP) is 7.08. The van der Waals surface area contributed by atoms with E-state index in [1.54, 1.807) is 42.5 Å². The predicted molar refractivity (Wildman–Crippen MR) is 198 cm³/mol. The van der Waals surface area contributed by atoms with Gasteiger partial charge in [-0.05, 0) is 70.8 Å². The zero-order chi connectivity index (χ0) is 38.2. The molecule has 0 saturated carbocycles. The molecule has 3 N–H and O–H groups in total. The first-order valence-electron chi connectivity index (χ1n) is 17.2. The van der Waals surface area contributed by atoms with Crippen molar-refractivity contribution in [3.05, 3.63) is 156 Å². The highest BCUT2D eigenvalue weighted by Gasteiger charge is 2.53. The summed E-state index contributed by atoms with van der Waals surface area (Å²) in [5.74, 6) is -0.512. The second-order valence-corrected chi connectivity index (χ2v) is 14.8. The zero-order valence-electron chi connectivity index (χ0n) is 29.0. The van der Waals surface area contributed by atoms with Gasteiger partial charge in [0, 0.05) is 31.6 Å². The lowest BCUT2D eigenvalue weighted by Crippen LogP contribution is -2.53. The summed E-state index contributed by atoms with van der Waals surface area (Å²) in [6.45, 7) is 0.265. The van der Waals surface area contributed by atoms with Gasteiger partial charge < -0.3 is 14.6 Å². The minimum atomic E-state index is -4.49. The van der Waals surface area contributed by atoms with Crippen molar-refractivity contribution in [2.45, 2.75) is 42.1 Å². The van der Waals surface area contributed by atoms with Crippen LogP contribution in [-0.4, -0.2) is 49.8 Å². The molecule has 1 heterocycles. The molecule has 0 fully saturated rings. The van der Waals surface area contributed by atoms with Gasteiger partial charge in [-0.15, -0.1) is 0 Å². The quantitative estimate of drug-likeness (QED) is 0.0771. The Morgan fingerprint density at radius 3 is 2.06 bits per heavy atom. The number of halogens is 3. The van der Waals surface area contributed by atoms with E-state index in [2.05, 4.69) is 10.9 Å². The molecule has 2 atom stereocenters. The normalized spacial score (nSPS) is 17.0. The summed E-state index contributed by atoms with van der Waals surface area (Å²) in [5.41, 5.74) is 6.23. The number of carbonyl (C=O) groups excluding carboxylic acids is 1. The maximum atomic E-state index is 14.5. The zero-order valence-corrected chi connectivity index (χ0v) is 29.8. The topological polar surface area (TPSA) is 126 Å². The molecule has 0 spiro atoms. The molecule has 5 aromatic rings. The molecule has 13 heteroatoms. The summed E-state index contributed by atoms with van der Waals surface area (Å²) in [5, 5.41) is 9.10. The first kappa shape index (κ1) is 38.2. The number of nitrogens with zero attached hydrogens (tertiary/aromatic N) is 1. The van der Waals surface area contributed by atoms with Crippen LogP contribution in [0.2, 0.25) is 0 Å². The number of hydrogen-bond acceptors (Lipinski definition) is 8. The van der Waals surface area contributed by atoms with Crippen molar-refractivity contribution in [2.75, 3.05) is 19.0 Å². The summed E-state index contributed by atoms with van der Waals surface area (Å²) in [6, 6.07) is 36.3. The number of hydrazine groups is 1. The van der Waals surface area contributed by atoms with Crippen molar-refractivity contribution < 1.29 is 41.0 Å². The summed E-state index contributed by atoms with van der Waals surface area (Å²) >= 11 is 0. The number of rotatable bonds is 15. The highest BCUT2D eigenvalue weighted by Crippen LogP contribution is 2.43. The SMILES string of the molecule is O=C(NNCc1ccc(C(F)(F)F)cc1)[C@@]1(CCS(=O)(=O)c2ccccc2)N=C(c2ccc(OCCCO)cc2)O[C@H]1c1ccc(-c2ccccc2)cc1. The maximum absolute atomic E-state index is 14.5. The van der Waals surface area contributed by atoms with E-state index < -0.39 is 44.9 Å². The number of nitrogens with one attached hydrogen (secondary N) is 2. The van der Waals surface area contributed by atoms with E-state index in [1.807, 2.05) is 54.6 Å². The first-order valence-corrected chi connectivity index (χ1v) is 18.9. The molecular formula is C41H38F3N3O6S. The fraction of sp³-hybridized carbons (Fsp3) is 0.220. The summed E-state index contributed by atoms with van der Waals surface area (Å²) in [7, 11) is -3.90. The Morgan fingerprint density at radius 2 is 1.43 bits per heavy atom. The van der Waals surface area contributed by atoms with Crippen LogP contribution in [0.15, 0.2) is 143 Å². The summed E-state index contributed by atoms with van der Waals surface area (Å²) < 4.78 is 78.9. The van der Waals surface area contributed by atoms with Crippen LogP contribution in [-0.2, 0) is 32.1 Å². The molecule has 54 heavy (non-hydrogen) atoms. The summed E-state index contributed by atoms with van der Waals surface area (Å²) in [4.78, 5) is 19.5. The van der Waals surface area contributed by atoms with E-state index in [0.717, 1.165) is 23.3 Å². The van der Waals surface area contributed by atoms with Gasteiger partial charge in [0.25, 0.3) is 5.91 Å². The molecular weight excluding hydrogens is 720 g/mol. The van der Waals surface area contributed by atoms with Gasteiger partial charge in [-0.25, -0.2) is 18.8 Å². The van der Waals surface area contributed by atoms with E-state index >= 15 is 0 Å². The largest absolute Gasteiger partial charge is 0.494 e. The maximum Gasteiger partial charge on any atom is 0.416 e. The van der Waals surface area contributed by atoms with Gasteiger partial charge in [0.2, 0.25) is 5.90 Å². The molecule has 1 amide bonds. The third kappa shape index (κ3) is 8.99. The highest BCUT2D eigenvalue weighted by molar-refractivity contribution is 7.91. The van der Waals surface area contributed by atoms with Gasteiger partial charge in [-0.3, -0.25) is 10.2 Å². The van der Waals surface area contributed by atoms with E-state index in [0.29, 0.717) is 35.5 Å². The molecule has 0 bridgehead atoms. The van der Waals surface area contributed by atoms with E-state index in [9.17, 15) is 26.4 Å². The number of hydrogen-bond donors (Lipinski definition) is 3. The Balaban J connectivity index is 1.36. The first-order chi connectivity index (χ1) is 26.0.